The lowest BCUT2D eigenvalue weighted by atomic mass is 10.1. The fourth-order valence-electron chi connectivity index (χ4n) is 1.88. The number of ether oxygens (including phenoxy) is 1. The number of nitrogens with zero attached hydrogens (tertiary/aromatic N) is 2. The van der Waals surface area contributed by atoms with Gasteiger partial charge in [-0.15, -0.1) is 0 Å². The first kappa shape index (κ1) is 14.9. The Kier molecular flexibility index (Phi) is 5.46. The minimum atomic E-state index is -0.0549. The number of rotatable bonds is 7. The van der Waals surface area contributed by atoms with Gasteiger partial charge in [0.05, 0.1) is 13.2 Å². The van der Waals surface area contributed by atoms with Crippen LogP contribution in [0.3, 0.4) is 0 Å². The van der Waals surface area contributed by atoms with E-state index in [1.807, 2.05) is 24.3 Å². The molecule has 108 valence electrons. The van der Waals surface area contributed by atoms with Gasteiger partial charge in [0.15, 0.2) is 0 Å². The lowest BCUT2D eigenvalue weighted by Crippen LogP contribution is -2.12. The normalized spacial score (nSPS) is 12.3. The molecule has 6 heteroatoms. The molecule has 0 saturated carbocycles. The molecule has 0 aliphatic rings. The Balaban J connectivity index is 1.97. The maximum Gasteiger partial charge on any atom is 0.147 e. The van der Waals surface area contributed by atoms with Crippen LogP contribution in [0.15, 0.2) is 24.3 Å². The van der Waals surface area contributed by atoms with Crippen molar-refractivity contribution in [2.24, 2.45) is 11.5 Å². The second kappa shape index (κ2) is 7.33. The van der Waals surface area contributed by atoms with Crippen LogP contribution in [0.2, 0.25) is 0 Å². The Morgan fingerprint density at radius 1 is 1.30 bits per heavy atom. The molecule has 0 fully saturated rings. The summed E-state index contributed by atoms with van der Waals surface area (Å²) < 4.78 is 9.51. The summed E-state index contributed by atoms with van der Waals surface area (Å²) in [7, 11) is 1.66. The highest BCUT2D eigenvalue weighted by atomic mass is 32.1. The van der Waals surface area contributed by atoms with Crippen molar-refractivity contribution >= 4 is 11.5 Å². The standard InChI is InChI=1S/C14H20N4OS/c1-19-11-6-4-10(5-7-11)9-13-17-14(20-18-13)12(16)3-2-8-15/h4-7,12H,2-3,8-9,15-16H2,1H3. The van der Waals surface area contributed by atoms with Gasteiger partial charge in [0.1, 0.15) is 16.6 Å². The largest absolute Gasteiger partial charge is 0.497 e. The van der Waals surface area contributed by atoms with Gasteiger partial charge < -0.3 is 16.2 Å². The fourth-order valence-corrected chi connectivity index (χ4v) is 2.58. The van der Waals surface area contributed by atoms with Crippen molar-refractivity contribution < 1.29 is 4.74 Å². The third-order valence-corrected chi connectivity index (χ3v) is 3.92. The number of aromatic nitrogens is 2. The summed E-state index contributed by atoms with van der Waals surface area (Å²) in [5.41, 5.74) is 12.7. The maximum atomic E-state index is 6.06. The summed E-state index contributed by atoms with van der Waals surface area (Å²) in [6.07, 6.45) is 2.48. The summed E-state index contributed by atoms with van der Waals surface area (Å²) in [4.78, 5) is 4.51. The molecule has 0 bridgehead atoms. The van der Waals surface area contributed by atoms with Crippen LogP contribution in [0.1, 0.15) is 35.3 Å². The number of nitrogens with two attached hydrogens (primary N) is 2. The third kappa shape index (κ3) is 4.00. The van der Waals surface area contributed by atoms with Crippen LogP contribution in [0, 0.1) is 0 Å². The fraction of sp³-hybridized carbons (Fsp3) is 0.429. The molecule has 0 saturated heterocycles. The van der Waals surface area contributed by atoms with E-state index in [9.17, 15) is 0 Å². The van der Waals surface area contributed by atoms with Crippen molar-refractivity contribution in [3.63, 3.8) is 0 Å². The summed E-state index contributed by atoms with van der Waals surface area (Å²) in [6, 6.07) is 7.87. The van der Waals surface area contributed by atoms with Crippen LogP contribution in [-0.2, 0) is 6.42 Å². The molecular weight excluding hydrogens is 272 g/mol. The van der Waals surface area contributed by atoms with E-state index in [0.29, 0.717) is 13.0 Å². The summed E-state index contributed by atoms with van der Waals surface area (Å²) in [6.45, 7) is 0.658. The molecule has 2 rings (SSSR count). The molecule has 1 unspecified atom stereocenters. The van der Waals surface area contributed by atoms with Gasteiger partial charge in [0.25, 0.3) is 0 Å². The second-order valence-electron chi connectivity index (χ2n) is 4.61. The number of hydrogen-bond donors (Lipinski definition) is 2. The monoisotopic (exact) mass is 292 g/mol. The lowest BCUT2D eigenvalue weighted by Gasteiger charge is -2.05. The van der Waals surface area contributed by atoms with Gasteiger partial charge >= 0.3 is 0 Å². The molecule has 1 aromatic heterocycles. The van der Waals surface area contributed by atoms with Gasteiger partial charge in [-0.3, -0.25) is 0 Å². The first-order chi connectivity index (χ1) is 9.72. The van der Waals surface area contributed by atoms with Crippen molar-refractivity contribution in [3.8, 4) is 5.75 Å². The maximum absolute atomic E-state index is 6.06. The van der Waals surface area contributed by atoms with Gasteiger partial charge in [0, 0.05) is 6.42 Å². The molecule has 1 aromatic carbocycles. The van der Waals surface area contributed by atoms with Gasteiger partial charge in [-0.2, -0.15) is 4.37 Å². The first-order valence-corrected chi connectivity index (χ1v) is 7.41. The molecule has 0 radical (unpaired) electrons. The van der Waals surface area contributed by atoms with E-state index in [4.69, 9.17) is 16.2 Å². The van der Waals surface area contributed by atoms with E-state index >= 15 is 0 Å². The van der Waals surface area contributed by atoms with Crippen molar-refractivity contribution in [2.75, 3.05) is 13.7 Å². The molecule has 1 heterocycles. The SMILES string of the molecule is COc1ccc(Cc2nsc(C(N)CCCN)n2)cc1. The number of hydrogen-bond acceptors (Lipinski definition) is 6. The molecule has 20 heavy (non-hydrogen) atoms. The van der Waals surface area contributed by atoms with Gasteiger partial charge in [-0.1, -0.05) is 12.1 Å². The summed E-state index contributed by atoms with van der Waals surface area (Å²) in [5, 5.41) is 0.891. The number of methoxy groups -OCH3 is 1. The Hall–Kier alpha value is -1.50. The van der Waals surface area contributed by atoms with Crippen LogP contribution in [0.25, 0.3) is 0 Å². The molecule has 5 nitrogen and oxygen atoms in total. The average molecular weight is 292 g/mol. The van der Waals surface area contributed by atoms with Crippen LogP contribution < -0.4 is 16.2 Å². The van der Waals surface area contributed by atoms with E-state index in [-0.39, 0.29) is 6.04 Å². The van der Waals surface area contributed by atoms with Gasteiger partial charge in [-0.25, -0.2) is 4.98 Å². The van der Waals surface area contributed by atoms with Crippen LogP contribution in [0.5, 0.6) is 5.75 Å². The minimum Gasteiger partial charge on any atom is -0.497 e. The quantitative estimate of drug-likeness (QED) is 0.813. The summed E-state index contributed by atoms with van der Waals surface area (Å²) >= 11 is 1.38. The van der Waals surface area contributed by atoms with Crippen LogP contribution in [0.4, 0.5) is 0 Å². The van der Waals surface area contributed by atoms with Crippen molar-refractivity contribution in [2.45, 2.75) is 25.3 Å². The smallest absolute Gasteiger partial charge is 0.147 e. The third-order valence-electron chi connectivity index (χ3n) is 3.04. The predicted octanol–water partition coefficient (Wildman–Crippen LogP) is 1.88. The molecule has 0 aliphatic heterocycles. The summed E-state index contributed by atoms with van der Waals surface area (Å²) in [5.74, 6) is 1.67. The molecular formula is C14H20N4OS. The Morgan fingerprint density at radius 3 is 2.70 bits per heavy atom. The van der Waals surface area contributed by atoms with E-state index in [0.717, 1.165) is 35.0 Å². The molecule has 4 N–H and O–H groups in total. The molecule has 0 aliphatic carbocycles. The van der Waals surface area contributed by atoms with Crippen LogP contribution in [-0.4, -0.2) is 23.0 Å². The van der Waals surface area contributed by atoms with E-state index in [2.05, 4.69) is 9.36 Å². The van der Waals surface area contributed by atoms with E-state index < -0.39 is 0 Å². The Morgan fingerprint density at radius 2 is 2.05 bits per heavy atom. The zero-order valence-corrected chi connectivity index (χ0v) is 12.4. The van der Waals surface area contributed by atoms with Crippen LogP contribution >= 0.6 is 11.5 Å². The highest BCUT2D eigenvalue weighted by molar-refractivity contribution is 7.05. The van der Waals surface area contributed by atoms with Crippen molar-refractivity contribution in [1.29, 1.82) is 0 Å². The highest BCUT2D eigenvalue weighted by Crippen LogP contribution is 2.19. The van der Waals surface area contributed by atoms with Gasteiger partial charge in [-0.05, 0) is 48.6 Å². The second-order valence-corrected chi connectivity index (χ2v) is 5.39. The first-order valence-electron chi connectivity index (χ1n) is 6.64. The molecule has 0 amide bonds. The Bertz CT molecular complexity index is 526. The Labute approximate surface area is 123 Å². The minimum absolute atomic E-state index is 0.0549. The molecule has 1 atom stereocenters. The average Bonchev–Trinajstić information content (AvgIpc) is 2.94. The topological polar surface area (TPSA) is 87.0 Å². The van der Waals surface area contributed by atoms with Gasteiger partial charge in [0.2, 0.25) is 0 Å². The van der Waals surface area contributed by atoms with E-state index in [1.165, 1.54) is 11.5 Å². The molecule has 0 spiro atoms. The zero-order chi connectivity index (χ0) is 14.4. The highest BCUT2D eigenvalue weighted by Gasteiger charge is 2.12. The number of benzene rings is 1. The van der Waals surface area contributed by atoms with E-state index in [1.54, 1.807) is 7.11 Å². The van der Waals surface area contributed by atoms with Crippen molar-refractivity contribution in [3.05, 3.63) is 40.7 Å². The van der Waals surface area contributed by atoms with Crippen molar-refractivity contribution in [1.82, 2.24) is 9.36 Å². The molecule has 2 aromatic rings. The lowest BCUT2D eigenvalue weighted by molar-refractivity contribution is 0.414. The zero-order valence-electron chi connectivity index (χ0n) is 11.6. The predicted molar refractivity (Wildman–Crippen MR) is 80.9 cm³/mol.